The van der Waals surface area contributed by atoms with Gasteiger partial charge in [-0.2, -0.15) is 4.57 Å². The van der Waals surface area contributed by atoms with Gasteiger partial charge in [0.05, 0.1) is 23.6 Å². The van der Waals surface area contributed by atoms with E-state index < -0.39 is 0 Å². The normalized spacial score (nSPS) is 17.3. The van der Waals surface area contributed by atoms with Crippen molar-refractivity contribution in [2.45, 2.75) is 18.8 Å². The van der Waals surface area contributed by atoms with Gasteiger partial charge in [0.25, 0.3) is 5.82 Å². The fraction of sp³-hybridized carbons (Fsp3) is 0.0976. The number of hydrogen-bond acceptors (Lipinski definition) is 1. The third kappa shape index (κ3) is 3.18. The third-order valence-corrected chi connectivity index (χ3v) is 10.1. The lowest BCUT2D eigenvalue weighted by Crippen LogP contribution is -2.33. The van der Waals surface area contributed by atoms with Crippen LogP contribution in [-0.4, -0.2) is 9.13 Å². The van der Waals surface area contributed by atoms with Crippen molar-refractivity contribution in [1.29, 1.82) is 0 Å². The number of benzene rings is 5. The van der Waals surface area contributed by atoms with Gasteiger partial charge in [-0.05, 0) is 65.6 Å². The fourth-order valence-electron chi connectivity index (χ4n) is 8.32. The summed E-state index contributed by atoms with van der Waals surface area (Å²) in [5.41, 5.74) is 12.7. The van der Waals surface area contributed by atoms with Crippen LogP contribution in [0.2, 0.25) is 0 Å². The molecule has 0 amide bonds. The summed E-state index contributed by atoms with van der Waals surface area (Å²) >= 11 is 0. The van der Waals surface area contributed by atoms with E-state index in [1.165, 1.54) is 66.7 Å². The molecule has 2 aromatic heterocycles. The van der Waals surface area contributed by atoms with Crippen molar-refractivity contribution in [3.05, 3.63) is 162 Å². The maximum absolute atomic E-state index is 6.72. The third-order valence-electron chi connectivity index (χ3n) is 10.1. The second kappa shape index (κ2) is 8.96. The molecule has 2 aliphatic heterocycles. The van der Waals surface area contributed by atoms with E-state index in [2.05, 4.69) is 161 Å². The van der Waals surface area contributed by atoms with Gasteiger partial charge in [0.2, 0.25) is 0 Å². The molecule has 4 nitrogen and oxygen atoms in total. The van der Waals surface area contributed by atoms with Gasteiger partial charge in [-0.3, -0.25) is 0 Å². The molecule has 4 heterocycles. The Hall–Kier alpha value is -5.61. The smallest absolute Gasteiger partial charge is 0.274 e. The monoisotopic (exact) mass is 580 g/mol. The zero-order valence-corrected chi connectivity index (χ0v) is 25.1. The summed E-state index contributed by atoms with van der Waals surface area (Å²) in [6.07, 6.45) is 11.3. The molecular weight excluding hydrogens is 550 g/mol. The Morgan fingerprint density at radius 3 is 2.27 bits per heavy atom. The quantitative estimate of drug-likeness (QED) is 0.151. The van der Waals surface area contributed by atoms with Crippen LogP contribution in [0, 0.1) is 0 Å². The van der Waals surface area contributed by atoms with Crippen LogP contribution in [0.15, 0.2) is 134 Å². The first-order chi connectivity index (χ1) is 22.2. The minimum atomic E-state index is 0.0841. The molecule has 0 spiro atoms. The Bertz CT molecular complexity index is 2400. The van der Waals surface area contributed by atoms with Gasteiger partial charge in [0.1, 0.15) is 35.5 Å². The molecule has 0 saturated heterocycles. The highest BCUT2D eigenvalue weighted by Crippen LogP contribution is 2.59. The van der Waals surface area contributed by atoms with Crippen LogP contribution in [0.5, 0.6) is 11.5 Å². The second-order valence-corrected chi connectivity index (χ2v) is 12.3. The first-order valence-electron chi connectivity index (χ1n) is 15.7. The summed E-state index contributed by atoms with van der Waals surface area (Å²) in [4.78, 5) is 0. The molecule has 0 N–H and O–H groups in total. The molecule has 0 bridgehead atoms. The minimum Gasteiger partial charge on any atom is -0.457 e. The Morgan fingerprint density at radius 2 is 1.47 bits per heavy atom. The molecule has 0 fully saturated rings. The van der Waals surface area contributed by atoms with E-state index in [0.29, 0.717) is 0 Å². The number of hydrogen-bond donors (Lipinski definition) is 0. The van der Waals surface area contributed by atoms with E-state index in [1.807, 2.05) is 0 Å². The van der Waals surface area contributed by atoms with Crippen molar-refractivity contribution in [2.75, 3.05) is 0 Å². The molecular formula is C41H30N3O+. The van der Waals surface area contributed by atoms with Crippen molar-refractivity contribution in [1.82, 2.24) is 9.13 Å². The molecule has 4 heteroatoms. The van der Waals surface area contributed by atoms with E-state index in [1.54, 1.807) is 0 Å². The van der Waals surface area contributed by atoms with Crippen molar-refractivity contribution in [3.8, 4) is 28.3 Å². The molecule has 7 aromatic rings. The maximum atomic E-state index is 6.72. The van der Waals surface area contributed by atoms with Crippen molar-refractivity contribution >= 4 is 27.5 Å². The molecule has 1 aliphatic carbocycles. The van der Waals surface area contributed by atoms with E-state index in [9.17, 15) is 0 Å². The standard InChI is InChI=1S/C41H30N3O/c1-3-25(44-32-15-8-6-13-28(32)29-14-7-9-16-33(29)44)19-20-30-26-11-4-5-12-27(26)31-21-22-36-39(37(30)31)40-38-34(17-10-18-35(38)45-36)43-24-23-42(2)41(40)43/h3-24,30,40H,1-2H3/q+1/b20-19+,25-3+. The lowest BCUT2D eigenvalue weighted by atomic mass is 9.81. The lowest BCUT2D eigenvalue weighted by molar-refractivity contribution is -0.678. The van der Waals surface area contributed by atoms with Crippen LogP contribution >= 0.6 is 0 Å². The summed E-state index contributed by atoms with van der Waals surface area (Å²) in [5.74, 6) is 3.37. The van der Waals surface area contributed by atoms with E-state index in [-0.39, 0.29) is 11.8 Å². The molecule has 5 aromatic carbocycles. The van der Waals surface area contributed by atoms with Gasteiger partial charge >= 0.3 is 0 Å². The molecule has 2 atom stereocenters. The second-order valence-electron chi connectivity index (χ2n) is 12.3. The number of imidazole rings is 1. The van der Waals surface area contributed by atoms with E-state index in [4.69, 9.17) is 4.74 Å². The van der Waals surface area contributed by atoms with Gasteiger partial charge < -0.3 is 9.30 Å². The number of allylic oxidation sites excluding steroid dienone is 4. The predicted molar refractivity (Wildman–Crippen MR) is 180 cm³/mol. The number of ether oxygens (including phenoxy) is 1. The number of rotatable bonds is 3. The zero-order chi connectivity index (χ0) is 29.8. The van der Waals surface area contributed by atoms with Crippen molar-refractivity contribution < 1.29 is 9.30 Å². The zero-order valence-electron chi connectivity index (χ0n) is 25.1. The summed E-state index contributed by atoms with van der Waals surface area (Å²) in [5, 5.41) is 2.55. The molecule has 45 heavy (non-hydrogen) atoms. The number of para-hydroxylation sites is 2. The van der Waals surface area contributed by atoms with E-state index >= 15 is 0 Å². The molecule has 10 rings (SSSR count). The van der Waals surface area contributed by atoms with Crippen molar-refractivity contribution in [2.24, 2.45) is 7.05 Å². The highest BCUT2D eigenvalue weighted by molar-refractivity contribution is 6.10. The molecule has 3 aliphatic rings. The summed E-state index contributed by atoms with van der Waals surface area (Å²) in [6, 6.07) is 37.2. The van der Waals surface area contributed by atoms with Crippen LogP contribution < -0.4 is 9.30 Å². The maximum Gasteiger partial charge on any atom is 0.274 e. The van der Waals surface area contributed by atoms with E-state index in [0.717, 1.165) is 17.2 Å². The number of aryl methyl sites for hydroxylation is 1. The van der Waals surface area contributed by atoms with Crippen LogP contribution in [0.1, 0.15) is 46.8 Å². The van der Waals surface area contributed by atoms with Gasteiger partial charge in [-0.25, -0.2) is 4.57 Å². The van der Waals surface area contributed by atoms with Gasteiger partial charge in [-0.15, -0.1) is 0 Å². The van der Waals surface area contributed by atoms with Crippen LogP contribution in [0.3, 0.4) is 0 Å². The van der Waals surface area contributed by atoms with Crippen LogP contribution in [0.4, 0.5) is 0 Å². The highest BCUT2D eigenvalue weighted by atomic mass is 16.5. The fourth-order valence-corrected chi connectivity index (χ4v) is 8.32. The number of aromatic nitrogens is 3. The Kier molecular flexibility index (Phi) is 4.94. The highest BCUT2D eigenvalue weighted by Gasteiger charge is 2.48. The number of nitrogens with zero attached hydrogens (tertiary/aromatic N) is 3. The van der Waals surface area contributed by atoms with Crippen LogP contribution in [0.25, 0.3) is 44.3 Å². The molecule has 2 unspecified atom stereocenters. The minimum absolute atomic E-state index is 0.0841. The van der Waals surface area contributed by atoms with Gasteiger partial charge in [0.15, 0.2) is 0 Å². The Labute approximate surface area is 261 Å². The summed E-state index contributed by atoms with van der Waals surface area (Å²) in [7, 11) is 2.16. The number of fused-ring (bicyclic) bond motifs is 12. The lowest BCUT2D eigenvalue weighted by Gasteiger charge is -2.27. The average Bonchev–Trinajstić information content (AvgIpc) is 3.81. The topological polar surface area (TPSA) is 23.0 Å². The summed E-state index contributed by atoms with van der Waals surface area (Å²) in [6.45, 7) is 2.14. The molecule has 214 valence electrons. The summed E-state index contributed by atoms with van der Waals surface area (Å²) < 4.78 is 13.7. The van der Waals surface area contributed by atoms with Gasteiger partial charge in [0, 0.05) is 28.0 Å². The Balaban J connectivity index is 1.19. The van der Waals surface area contributed by atoms with Crippen molar-refractivity contribution in [3.63, 3.8) is 0 Å². The average molecular weight is 581 g/mol. The largest absolute Gasteiger partial charge is 0.457 e. The molecule has 0 saturated carbocycles. The first kappa shape index (κ1) is 24.8. The Morgan fingerprint density at radius 1 is 0.733 bits per heavy atom. The van der Waals surface area contributed by atoms with Gasteiger partial charge in [-0.1, -0.05) is 84.9 Å². The molecule has 0 radical (unpaired) electrons. The SMILES string of the molecule is C/C=C(\C=C\C1c2ccccc2-c2ccc3c(c21)C1c2c(cccc2-n2cc[n+](C)c21)O3)n1c2ccccc2c2ccccc21. The predicted octanol–water partition coefficient (Wildman–Crippen LogP) is 9.24. The first-order valence-corrected chi connectivity index (χ1v) is 15.7. The van der Waals surface area contributed by atoms with Crippen LogP contribution in [-0.2, 0) is 7.05 Å².